The molecule has 3 rings (SSSR count). The highest BCUT2D eigenvalue weighted by Crippen LogP contribution is 2.30. The van der Waals surface area contributed by atoms with Crippen LogP contribution in [0.2, 0.25) is 0 Å². The van der Waals surface area contributed by atoms with Crippen molar-refractivity contribution in [2.75, 3.05) is 9.80 Å². The number of rotatable bonds is 2. The molecule has 0 amide bonds. The topological polar surface area (TPSA) is 6.48 Å². The minimum absolute atomic E-state index is 1.16. The van der Waals surface area contributed by atoms with Gasteiger partial charge in [0.05, 0.1) is 0 Å². The molecule has 0 saturated heterocycles. The van der Waals surface area contributed by atoms with Gasteiger partial charge in [-0.1, -0.05) is 36.4 Å². The highest BCUT2D eigenvalue weighted by Gasteiger charge is 2.19. The quantitative estimate of drug-likeness (QED) is 0.789. The van der Waals surface area contributed by atoms with Crippen LogP contribution in [0.4, 0.5) is 11.4 Å². The van der Waals surface area contributed by atoms with Gasteiger partial charge in [0.1, 0.15) is 0 Å². The summed E-state index contributed by atoms with van der Waals surface area (Å²) in [5.74, 6) is 0. The van der Waals surface area contributed by atoms with Gasteiger partial charge in [0, 0.05) is 23.8 Å². The summed E-state index contributed by atoms with van der Waals surface area (Å²) in [6.07, 6.45) is 4.07. The maximum absolute atomic E-state index is 3.36. The summed E-state index contributed by atoms with van der Waals surface area (Å²) < 4.78 is 0. The van der Waals surface area contributed by atoms with Gasteiger partial charge in [-0.25, -0.2) is 0 Å². The van der Waals surface area contributed by atoms with Gasteiger partial charge < -0.3 is 9.80 Å². The normalized spacial score (nSPS) is 14.2. The third-order valence-electron chi connectivity index (χ3n) is 3.33. The van der Waals surface area contributed by atoms with E-state index in [1.165, 1.54) is 11.1 Å². The first-order valence-corrected chi connectivity index (χ1v) is 6.40. The predicted molar refractivity (Wildman–Crippen MR) is 79.7 cm³/mol. The summed E-state index contributed by atoms with van der Waals surface area (Å²) in [6.45, 7) is 7.59. The summed E-state index contributed by atoms with van der Waals surface area (Å²) >= 11 is 0. The molecule has 2 aromatic carbocycles. The molecule has 0 unspecified atom stereocenters. The monoisotopic (exact) mass is 248 g/mol. The van der Waals surface area contributed by atoms with Gasteiger partial charge >= 0.3 is 0 Å². The summed E-state index contributed by atoms with van der Waals surface area (Å²) in [7, 11) is 0. The molecule has 2 aromatic rings. The third kappa shape index (κ3) is 2.22. The second-order valence-electron chi connectivity index (χ2n) is 4.71. The van der Waals surface area contributed by atoms with Crippen molar-refractivity contribution in [2.45, 2.75) is 13.8 Å². The van der Waals surface area contributed by atoms with Crippen LogP contribution in [0.25, 0.3) is 0 Å². The highest BCUT2D eigenvalue weighted by molar-refractivity contribution is 5.66. The van der Waals surface area contributed by atoms with E-state index in [-0.39, 0.29) is 0 Å². The van der Waals surface area contributed by atoms with Crippen LogP contribution in [0, 0.1) is 20.5 Å². The average molecular weight is 248 g/mol. The second-order valence-corrected chi connectivity index (χ2v) is 4.71. The Hall–Kier alpha value is -2.22. The van der Waals surface area contributed by atoms with Crippen molar-refractivity contribution in [1.29, 1.82) is 0 Å². The largest absolute Gasteiger partial charge is 0.315 e. The van der Waals surface area contributed by atoms with Crippen LogP contribution in [0.1, 0.15) is 11.1 Å². The van der Waals surface area contributed by atoms with E-state index in [0.29, 0.717) is 0 Å². The van der Waals surface area contributed by atoms with E-state index in [9.17, 15) is 0 Å². The molecule has 0 bridgehead atoms. The van der Waals surface area contributed by atoms with Gasteiger partial charge in [-0.3, -0.25) is 0 Å². The number of hydrogen-bond acceptors (Lipinski definition) is 2. The summed E-state index contributed by atoms with van der Waals surface area (Å²) in [6, 6.07) is 16.6. The Labute approximate surface area is 114 Å². The number of para-hydroxylation sites is 2. The number of aryl methyl sites for hydroxylation is 2. The smallest absolute Gasteiger partial charge is 0.217 e. The fourth-order valence-electron chi connectivity index (χ4n) is 2.25. The van der Waals surface area contributed by atoms with Crippen molar-refractivity contribution in [3.05, 3.63) is 78.7 Å². The van der Waals surface area contributed by atoms with Gasteiger partial charge in [-0.05, 0) is 37.1 Å². The fourth-order valence-corrected chi connectivity index (χ4v) is 2.25. The molecule has 1 aliphatic rings. The van der Waals surface area contributed by atoms with E-state index < -0.39 is 0 Å². The van der Waals surface area contributed by atoms with Crippen LogP contribution in [-0.4, -0.2) is 0 Å². The van der Waals surface area contributed by atoms with E-state index >= 15 is 0 Å². The van der Waals surface area contributed by atoms with E-state index in [1.54, 1.807) is 0 Å². The minimum atomic E-state index is 1.16. The van der Waals surface area contributed by atoms with Gasteiger partial charge in [0.15, 0.2) is 0 Å². The SMILES string of the molecule is Cc1ccccc1N1[C]N(c2ccccc2C)C=C1. The Morgan fingerprint density at radius 3 is 1.53 bits per heavy atom. The van der Waals surface area contributed by atoms with Crippen molar-refractivity contribution < 1.29 is 0 Å². The summed E-state index contributed by atoms with van der Waals surface area (Å²) in [4.78, 5) is 4.06. The molecular formula is C17H16N2. The number of nitrogens with zero attached hydrogens (tertiary/aromatic N) is 2. The van der Waals surface area contributed by atoms with E-state index in [1.807, 2.05) is 34.3 Å². The van der Waals surface area contributed by atoms with Crippen LogP contribution in [0.15, 0.2) is 60.9 Å². The molecule has 2 nitrogen and oxygen atoms in total. The maximum Gasteiger partial charge on any atom is 0.217 e. The zero-order valence-corrected chi connectivity index (χ0v) is 11.2. The molecule has 0 aliphatic carbocycles. The lowest BCUT2D eigenvalue weighted by Crippen LogP contribution is -2.19. The Kier molecular flexibility index (Phi) is 3.00. The molecule has 2 radical (unpaired) electrons. The van der Waals surface area contributed by atoms with Crippen molar-refractivity contribution in [2.24, 2.45) is 0 Å². The lowest BCUT2D eigenvalue weighted by atomic mass is 10.2. The first-order valence-electron chi connectivity index (χ1n) is 6.40. The Morgan fingerprint density at radius 2 is 1.11 bits per heavy atom. The maximum atomic E-state index is 3.36. The molecule has 2 heteroatoms. The molecule has 94 valence electrons. The van der Waals surface area contributed by atoms with Crippen molar-refractivity contribution in [1.82, 2.24) is 0 Å². The molecule has 0 saturated carbocycles. The Bertz CT molecular complexity index is 563. The van der Waals surface area contributed by atoms with Gasteiger partial charge in [0.25, 0.3) is 0 Å². The lowest BCUT2D eigenvalue weighted by molar-refractivity contribution is 1.09. The van der Waals surface area contributed by atoms with Crippen LogP contribution >= 0.6 is 0 Å². The average Bonchev–Trinajstić information content (AvgIpc) is 2.89. The molecule has 0 N–H and O–H groups in total. The molecule has 1 heterocycles. The van der Waals surface area contributed by atoms with E-state index in [2.05, 4.69) is 56.9 Å². The Balaban J connectivity index is 1.84. The van der Waals surface area contributed by atoms with Crippen LogP contribution < -0.4 is 9.80 Å². The number of anilines is 2. The van der Waals surface area contributed by atoms with Crippen molar-refractivity contribution in [3.63, 3.8) is 0 Å². The first kappa shape index (κ1) is 11.8. The standard InChI is InChI=1S/C17H16N2/c1-14-7-3-5-9-16(14)18-11-12-19(13-18)17-10-6-4-8-15(17)2/h3-12H,1-2H3. The molecule has 19 heavy (non-hydrogen) atoms. The predicted octanol–water partition coefficient (Wildman–Crippen LogP) is 4.10. The molecule has 0 aromatic heterocycles. The molecule has 0 fully saturated rings. The second kappa shape index (κ2) is 4.81. The molecule has 0 atom stereocenters. The van der Waals surface area contributed by atoms with E-state index in [4.69, 9.17) is 0 Å². The van der Waals surface area contributed by atoms with Crippen LogP contribution in [0.5, 0.6) is 0 Å². The lowest BCUT2D eigenvalue weighted by Gasteiger charge is -2.21. The third-order valence-corrected chi connectivity index (χ3v) is 3.33. The molecular weight excluding hydrogens is 232 g/mol. The van der Waals surface area contributed by atoms with Crippen LogP contribution in [0.3, 0.4) is 0 Å². The zero-order valence-electron chi connectivity index (χ0n) is 11.2. The number of benzene rings is 2. The molecule has 0 spiro atoms. The summed E-state index contributed by atoms with van der Waals surface area (Å²) in [5.41, 5.74) is 4.81. The first-order chi connectivity index (χ1) is 9.25. The van der Waals surface area contributed by atoms with Gasteiger partial charge in [-0.2, -0.15) is 0 Å². The van der Waals surface area contributed by atoms with Gasteiger partial charge in [0.2, 0.25) is 6.67 Å². The van der Waals surface area contributed by atoms with Crippen molar-refractivity contribution >= 4 is 11.4 Å². The molecule has 1 aliphatic heterocycles. The fraction of sp³-hybridized carbons (Fsp3) is 0.118. The highest BCUT2D eigenvalue weighted by atomic mass is 15.3. The van der Waals surface area contributed by atoms with Crippen molar-refractivity contribution in [3.8, 4) is 0 Å². The van der Waals surface area contributed by atoms with Gasteiger partial charge in [-0.15, -0.1) is 0 Å². The minimum Gasteiger partial charge on any atom is -0.315 e. The Morgan fingerprint density at radius 1 is 0.684 bits per heavy atom. The number of hydrogen-bond donors (Lipinski definition) is 0. The zero-order chi connectivity index (χ0) is 13.2. The summed E-state index contributed by atoms with van der Waals surface area (Å²) in [5, 5.41) is 0. The van der Waals surface area contributed by atoms with E-state index in [0.717, 1.165) is 11.4 Å². The van der Waals surface area contributed by atoms with Crippen LogP contribution in [-0.2, 0) is 0 Å².